The largest absolute Gasteiger partial charge is 0.375 e. The fourth-order valence-electron chi connectivity index (χ4n) is 1.74. The number of hydrogen-bond acceptors (Lipinski definition) is 2. The second kappa shape index (κ2) is 5.24. The van der Waals surface area contributed by atoms with Gasteiger partial charge in [0.05, 0.1) is 6.04 Å². The average Bonchev–Trinajstić information content (AvgIpc) is 2.18. The number of methoxy groups -OCH3 is 1. The van der Waals surface area contributed by atoms with Crippen molar-refractivity contribution in [2.45, 2.75) is 31.7 Å². The zero-order chi connectivity index (χ0) is 10.6. The molecule has 14 heavy (non-hydrogen) atoms. The standard InChI is InChI=1S/C9H15F2NO2/c1-14-6-8(13)12-5-3-2-4-7(12)9(10)11/h7,9H,2-6H2,1H3/t7-/m1/s1. The minimum absolute atomic E-state index is 0.108. The smallest absolute Gasteiger partial charge is 0.258 e. The number of rotatable bonds is 3. The Morgan fingerprint density at radius 3 is 2.86 bits per heavy atom. The van der Waals surface area contributed by atoms with Crippen LogP contribution in [0, 0.1) is 0 Å². The number of halogens is 2. The van der Waals surface area contributed by atoms with Crippen molar-refractivity contribution in [3.05, 3.63) is 0 Å². The van der Waals surface area contributed by atoms with Crippen molar-refractivity contribution in [1.29, 1.82) is 0 Å². The fraction of sp³-hybridized carbons (Fsp3) is 0.889. The molecule has 1 heterocycles. The van der Waals surface area contributed by atoms with Crippen LogP contribution in [0.25, 0.3) is 0 Å². The van der Waals surface area contributed by atoms with Crippen LogP contribution in [0.15, 0.2) is 0 Å². The van der Waals surface area contributed by atoms with E-state index >= 15 is 0 Å². The van der Waals surface area contributed by atoms with Crippen molar-refractivity contribution in [3.63, 3.8) is 0 Å². The molecule has 1 atom stereocenters. The summed E-state index contributed by atoms with van der Waals surface area (Å²) in [5.74, 6) is -0.336. The normalized spacial score (nSPS) is 22.9. The maximum absolute atomic E-state index is 12.5. The predicted molar refractivity (Wildman–Crippen MR) is 47.2 cm³/mol. The van der Waals surface area contributed by atoms with Crippen molar-refractivity contribution in [2.75, 3.05) is 20.3 Å². The molecule has 1 rings (SSSR count). The van der Waals surface area contributed by atoms with E-state index in [1.165, 1.54) is 12.0 Å². The Morgan fingerprint density at radius 2 is 2.29 bits per heavy atom. The predicted octanol–water partition coefficient (Wildman–Crippen LogP) is 1.28. The van der Waals surface area contributed by atoms with Crippen LogP contribution in [0.5, 0.6) is 0 Å². The summed E-state index contributed by atoms with van der Waals surface area (Å²) in [7, 11) is 1.39. The minimum Gasteiger partial charge on any atom is -0.375 e. The van der Waals surface area contributed by atoms with Gasteiger partial charge in [0.1, 0.15) is 6.61 Å². The Morgan fingerprint density at radius 1 is 1.57 bits per heavy atom. The molecule has 1 fully saturated rings. The van der Waals surface area contributed by atoms with Gasteiger partial charge in [-0.2, -0.15) is 0 Å². The summed E-state index contributed by atoms with van der Waals surface area (Å²) >= 11 is 0. The van der Waals surface area contributed by atoms with Gasteiger partial charge in [-0.25, -0.2) is 8.78 Å². The third-order valence-electron chi connectivity index (χ3n) is 2.43. The van der Waals surface area contributed by atoms with E-state index in [2.05, 4.69) is 4.74 Å². The maximum atomic E-state index is 12.5. The summed E-state index contributed by atoms with van der Waals surface area (Å²) in [6.07, 6.45) is -0.478. The van der Waals surface area contributed by atoms with Crippen LogP contribution >= 0.6 is 0 Å². The van der Waals surface area contributed by atoms with E-state index in [1.807, 2.05) is 0 Å². The Hall–Kier alpha value is -0.710. The number of amides is 1. The highest BCUT2D eigenvalue weighted by molar-refractivity contribution is 5.77. The first-order valence-electron chi connectivity index (χ1n) is 4.73. The van der Waals surface area contributed by atoms with E-state index in [9.17, 15) is 13.6 Å². The molecule has 1 amide bonds. The number of carbonyl (C=O) groups is 1. The highest BCUT2D eigenvalue weighted by Crippen LogP contribution is 2.22. The van der Waals surface area contributed by atoms with Crippen LogP contribution in [0.3, 0.4) is 0 Å². The van der Waals surface area contributed by atoms with Gasteiger partial charge in [-0.05, 0) is 19.3 Å². The second-order valence-electron chi connectivity index (χ2n) is 3.42. The topological polar surface area (TPSA) is 29.5 Å². The van der Waals surface area contributed by atoms with Crippen LogP contribution in [0.4, 0.5) is 8.78 Å². The van der Waals surface area contributed by atoms with Gasteiger partial charge in [-0.15, -0.1) is 0 Å². The lowest BCUT2D eigenvalue weighted by Gasteiger charge is -2.34. The molecule has 0 N–H and O–H groups in total. The van der Waals surface area contributed by atoms with E-state index in [0.717, 1.165) is 12.8 Å². The van der Waals surface area contributed by atoms with Gasteiger partial charge in [-0.3, -0.25) is 4.79 Å². The Labute approximate surface area is 82.0 Å². The highest BCUT2D eigenvalue weighted by atomic mass is 19.3. The molecule has 82 valence electrons. The van der Waals surface area contributed by atoms with Crippen LogP contribution in [-0.4, -0.2) is 43.5 Å². The third-order valence-corrected chi connectivity index (χ3v) is 2.43. The molecule has 0 aliphatic carbocycles. The third kappa shape index (κ3) is 2.64. The SMILES string of the molecule is COCC(=O)N1CCCC[C@@H]1C(F)F. The van der Waals surface area contributed by atoms with Crippen LogP contribution in [0.1, 0.15) is 19.3 Å². The van der Waals surface area contributed by atoms with Gasteiger partial charge < -0.3 is 9.64 Å². The Kier molecular flexibility index (Phi) is 4.25. The lowest BCUT2D eigenvalue weighted by atomic mass is 10.0. The average molecular weight is 207 g/mol. The fourth-order valence-corrected chi connectivity index (χ4v) is 1.74. The molecular weight excluding hydrogens is 192 g/mol. The summed E-state index contributed by atoms with van der Waals surface area (Å²) in [6, 6.07) is -0.911. The molecule has 0 spiro atoms. The first-order chi connectivity index (χ1) is 6.66. The van der Waals surface area contributed by atoms with Gasteiger partial charge in [-0.1, -0.05) is 0 Å². The van der Waals surface area contributed by atoms with Crippen LogP contribution in [-0.2, 0) is 9.53 Å². The molecule has 5 heteroatoms. The van der Waals surface area contributed by atoms with E-state index < -0.39 is 12.5 Å². The second-order valence-corrected chi connectivity index (χ2v) is 3.42. The van der Waals surface area contributed by atoms with Gasteiger partial charge >= 0.3 is 0 Å². The zero-order valence-corrected chi connectivity index (χ0v) is 8.21. The molecular formula is C9H15F2NO2. The number of carbonyl (C=O) groups excluding carboxylic acids is 1. The number of piperidine rings is 1. The van der Waals surface area contributed by atoms with E-state index in [0.29, 0.717) is 13.0 Å². The Balaban J connectivity index is 2.57. The molecule has 3 nitrogen and oxygen atoms in total. The number of ether oxygens (including phenoxy) is 1. The van der Waals surface area contributed by atoms with Crippen LogP contribution < -0.4 is 0 Å². The van der Waals surface area contributed by atoms with Gasteiger partial charge in [0, 0.05) is 13.7 Å². The lowest BCUT2D eigenvalue weighted by Crippen LogP contribution is -2.48. The summed E-state index contributed by atoms with van der Waals surface area (Å²) in [6.45, 7) is 0.320. The molecule has 0 aromatic carbocycles. The molecule has 0 unspecified atom stereocenters. The number of nitrogens with zero attached hydrogens (tertiary/aromatic N) is 1. The molecule has 0 saturated carbocycles. The molecule has 0 radical (unpaired) electrons. The molecule has 1 saturated heterocycles. The molecule has 1 aliphatic rings. The molecule has 0 aromatic heterocycles. The Bertz CT molecular complexity index is 199. The van der Waals surface area contributed by atoms with Gasteiger partial charge in [0.15, 0.2) is 0 Å². The maximum Gasteiger partial charge on any atom is 0.258 e. The highest BCUT2D eigenvalue weighted by Gasteiger charge is 2.32. The quantitative estimate of drug-likeness (QED) is 0.697. The first kappa shape index (κ1) is 11.4. The van der Waals surface area contributed by atoms with Gasteiger partial charge in [0.25, 0.3) is 6.43 Å². The molecule has 1 aliphatic heterocycles. The van der Waals surface area contributed by atoms with Crippen LogP contribution in [0.2, 0.25) is 0 Å². The van der Waals surface area contributed by atoms with E-state index in [1.54, 1.807) is 0 Å². The summed E-state index contributed by atoms with van der Waals surface area (Å²) in [5.41, 5.74) is 0. The first-order valence-corrected chi connectivity index (χ1v) is 4.73. The number of alkyl halides is 2. The summed E-state index contributed by atoms with van der Waals surface area (Å²) in [4.78, 5) is 12.6. The van der Waals surface area contributed by atoms with Crippen molar-refractivity contribution in [3.8, 4) is 0 Å². The number of likely N-dealkylation sites (tertiary alicyclic amines) is 1. The molecule has 0 bridgehead atoms. The van der Waals surface area contributed by atoms with Crippen molar-refractivity contribution >= 4 is 5.91 Å². The van der Waals surface area contributed by atoms with E-state index in [-0.39, 0.29) is 12.5 Å². The van der Waals surface area contributed by atoms with Gasteiger partial charge in [0.2, 0.25) is 5.91 Å². The summed E-state index contributed by atoms with van der Waals surface area (Å²) in [5, 5.41) is 0. The van der Waals surface area contributed by atoms with Crippen molar-refractivity contribution in [1.82, 2.24) is 4.90 Å². The monoisotopic (exact) mass is 207 g/mol. The number of hydrogen-bond donors (Lipinski definition) is 0. The summed E-state index contributed by atoms with van der Waals surface area (Å²) < 4.78 is 29.7. The minimum atomic E-state index is -2.45. The van der Waals surface area contributed by atoms with E-state index in [4.69, 9.17) is 0 Å². The van der Waals surface area contributed by atoms with Crippen molar-refractivity contribution < 1.29 is 18.3 Å². The zero-order valence-electron chi connectivity index (χ0n) is 8.21. The van der Waals surface area contributed by atoms with Crippen molar-refractivity contribution in [2.24, 2.45) is 0 Å². The lowest BCUT2D eigenvalue weighted by molar-refractivity contribution is -0.143. The molecule has 0 aromatic rings.